The second kappa shape index (κ2) is 12.9. The van der Waals surface area contributed by atoms with E-state index in [0.717, 1.165) is 50.7 Å². The molecule has 6 nitrogen and oxygen atoms in total. The summed E-state index contributed by atoms with van der Waals surface area (Å²) in [5.74, 6) is 1.99. The molecular formula is C26H43NO5. The molecular weight excluding hydrogens is 406 g/mol. The highest BCUT2D eigenvalue weighted by atomic mass is 16.5. The zero-order valence-electron chi connectivity index (χ0n) is 19.6. The third kappa shape index (κ3) is 6.91. The summed E-state index contributed by atoms with van der Waals surface area (Å²) in [6.45, 7) is 2.98. The molecule has 0 radical (unpaired) electrons. The third-order valence-electron chi connectivity index (χ3n) is 7.43. The highest BCUT2D eigenvalue weighted by Crippen LogP contribution is 2.48. The predicted molar refractivity (Wildman–Crippen MR) is 126 cm³/mol. The van der Waals surface area contributed by atoms with Crippen LogP contribution in [0.5, 0.6) is 5.75 Å². The molecule has 6 heteroatoms. The molecule has 2 aliphatic carbocycles. The number of aliphatic hydroxyl groups excluding tert-OH is 4. The molecule has 0 bridgehead atoms. The summed E-state index contributed by atoms with van der Waals surface area (Å²) in [6, 6.07) is 6.14. The molecule has 0 amide bonds. The van der Waals surface area contributed by atoms with E-state index in [9.17, 15) is 15.3 Å². The Morgan fingerprint density at radius 2 is 1.97 bits per heavy atom. The number of hydrogen-bond acceptors (Lipinski definition) is 6. The molecule has 182 valence electrons. The minimum Gasteiger partial charge on any atom is -0.489 e. The Balaban J connectivity index is 1.56. The van der Waals surface area contributed by atoms with Gasteiger partial charge in [-0.15, -0.1) is 0 Å². The maximum Gasteiger partial charge on any atom is 0.139 e. The summed E-state index contributed by atoms with van der Waals surface area (Å²) in [6.07, 6.45) is 7.93. The average Bonchev–Trinajstić information content (AvgIpc) is 3.09. The first-order valence-electron chi connectivity index (χ1n) is 12.7. The zero-order valence-corrected chi connectivity index (χ0v) is 19.6. The first kappa shape index (κ1) is 25.4. The number of aliphatic hydroxyl groups is 4. The Morgan fingerprint density at radius 1 is 1.12 bits per heavy atom. The van der Waals surface area contributed by atoms with Crippen molar-refractivity contribution in [2.75, 3.05) is 19.8 Å². The lowest BCUT2D eigenvalue weighted by Gasteiger charge is -2.32. The van der Waals surface area contributed by atoms with E-state index in [-0.39, 0.29) is 31.3 Å². The lowest BCUT2D eigenvalue weighted by Crippen LogP contribution is -2.35. The molecule has 0 saturated heterocycles. The van der Waals surface area contributed by atoms with Gasteiger partial charge in [-0.25, -0.2) is 0 Å². The van der Waals surface area contributed by atoms with Gasteiger partial charge >= 0.3 is 0 Å². The number of rotatable bonds is 14. The smallest absolute Gasteiger partial charge is 0.139 e. The van der Waals surface area contributed by atoms with Gasteiger partial charge in [0.1, 0.15) is 18.6 Å². The van der Waals surface area contributed by atoms with Gasteiger partial charge in [0.05, 0.1) is 12.2 Å². The summed E-state index contributed by atoms with van der Waals surface area (Å²) in [5.41, 5.74) is 2.50. The SMILES string of the molecule is CCCCC[C@@H](O)CC[C@@H]1[C@H]2Cc3cccc(OCC(O)NCCCO)c3C[C@H]2C[C@H]1O. The largest absolute Gasteiger partial charge is 0.489 e. The van der Waals surface area contributed by atoms with Crippen molar-refractivity contribution in [3.8, 4) is 5.75 Å². The molecule has 1 aromatic rings. The zero-order chi connectivity index (χ0) is 22.9. The molecule has 0 aliphatic heterocycles. The Bertz CT molecular complexity index is 684. The van der Waals surface area contributed by atoms with Crippen LogP contribution in [0.4, 0.5) is 0 Å². The Labute approximate surface area is 193 Å². The van der Waals surface area contributed by atoms with Gasteiger partial charge in [-0.3, -0.25) is 5.32 Å². The minimum atomic E-state index is -0.768. The van der Waals surface area contributed by atoms with E-state index in [2.05, 4.69) is 18.3 Å². The number of nitrogens with one attached hydrogen (secondary N) is 1. The van der Waals surface area contributed by atoms with Crippen LogP contribution in [0.25, 0.3) is 0 Å². The van der Waals surface area contributed by atoms with Crippen molar-refractivity contribution in [1.82, 2.24) is 5.32 Å². The third-order valence-corrected chi connectivity index (χ3v) is 7.43. The van der Waals surface area contributed by atoms with Gasteiger partial charge in [0, 0.05) is 6.61 Å². The van der Waals surface area contributed by atoms with Crippen molar-refractivity contribution < 1.29 is 25.2 Å². The molecule has 1 fully saturated rings. The maximum absolute atomic E-state index is 10.8. The molecule has 0 spiro atoms. The Morgan fingerprint density at radius 3 is 2.75 bits per heavy atom. The van der Waals surface area contributed by atoms with Crippen LogP contribution in [0.1, 0.15) is 69.4 Å². The van der Waals surface area contributed by atoms with Crippen LogP contribution < -0.4 is 10.1 Å². The number of benzene rings is 1. The highest BCUT2D eigenvalue weighted by molar-refractivity contribution is 5.43. The molecule has 2 aliphatic rings. The number of fused-ring (bicyclic) bond motifs is 2. The van der Waals surface area contributed by atoms with Crippen LogP contribution in [0, 0.1) is 17.8 Å². The van der Waals surface area contributed by atoms with E-state index in [0.29, 0.717) is 24.8 Å². The summed E-state index contributed by atoms with van der Waals surface area (Å²) in [4.78, 5) is 0. The van der Waals surface area contributed by atoms with E-state index < -0.39 is 6.23 Å². The van der Waals surface area contributed by atoms with Crippen molar-refractivity contribution in [3.05, 3.63) is 29.3 Å². The van der Waals surface area contributed by atoms with E-state index in [1.54, 1.807) is 0 Å². The molecule has 5 N–H and O–H groups in total. The van der Waals surface area contributed by atoms with Crippen LogP contribution in [-0.4, -0.2) is 58.6 Å². The number of ether oxygens (including phenoxy) is 1. The summed E-state index contributed by atoms with van der Waals surface area (Å²) < 4.78 is 5.95. The van der Waals surface area contributed by atoms with Gasteiger partial charge < -0.3 is 25.2 Å². The fourth-order valence-electron chi connectivity index (χ4n) is 5.67. The lowest BCUT2D eigenvalue weighted by atomic mass is 9.73. The van der Waals surface area contributed by atoms with Gasteiger partial charge in [-0.1, -0.05) is 38.3 Å². The van der Waals surface area contributed by atoms with Crippen LogP contribution in [0.3, 0.4) is 0 Å². The van der Waals surface area contributed by atoms with Gasteiger partial charge in [0.2, 0.25) is 0 Å². The predicted octanol–water partition coefficient (Wildman–Crippen LogP) is 2.79. The Hall–Kier alpha value is -1.18. The second-order valence-corrected chi connectivity index (χ2v) is 9.78. The normalized spacial score (nSPS) is 26.4. The molecule has 1 unspecified atom stereocenters. The number of hydrogen-bond donors (Lipinski definition) is 5. The van der Waals surface area contributed by atoms with Crippen molar-refractivity contribution in [1.29, 1.82) is 0 Å². The van der Waals surface area contributed by atoms with Crippen LogP contribution in [0.15, 0.2) is 18.2 Å². The van der Waals surface area contributed by atoms with Crippen LogP contribution in [-0.2, 0) is 12.8 Å². The van der Waals surface area contributed by atoms with Gasteiger partial charge in [0.15, 0.2) is 0 Å². The first-order valence-corrected chi connectivity index (χ1v) is 12.7. The lowest BCUT2D eigenvalue weighted by molar-refractivity contribution is 0.0764. The van der Waals surface area contributed by atoms with Crippen molar-refractivity contribution in [2.24, 2.45) is 17.8 Å². The topological polar surface area (TPSA) is 102 Å². The summed E-state index contributed by atoms with van der Waals surface area (Å²) in [5, 5.41) is 43.0. The fraction of sp³-hybridized carbons (Fsp3) is 0.769. The van der Waals surface area contributed by atoms with E-state index >= 15 is 0 Å². The molecule has 1 saturated carbocycles. The molecule has 6 atom stereocenters. The second-order valence-electron chi connectivity index (χ2n) is 9.78. The van der Waals surface area contributed by atoms with E-state index in [1.165, 1.54) is 24.0 Å². The van der Waals surface area contributed by atoms with Gasteiger partial charge in [-0.2, -0.15) is 0 Å². The minimum absolute atomic E-state index is 0.0972. The summed E-state index contributed by atoms with van der Waals surface area (Å²) >= 11 is 0. The van der Waals surface area contributed by atoms with Crippen LogP contribution >= 0.6 is 0 Å². The first-order chi connectivity index (χ1) is 15.5. The van der Waals surface area contributed by atoms with Crippen molar-refractivity contribution >= 4 is 0 Å². The average molecular weight is 450 g/mol. The van der Waals surface area contributed by atoms with Gasteiger partial charge in [0.25, 0.3) is 0 Å². The van der Waals surface area contributed by atoms with Crippen molar-refractivity contribution in [2.45, 2.75) is 89.6 Å². The van der Waals surface area contributed by atoms with Crippen molar-refractivity contribution in [3.63, 3.8) is 0 Å². The number of unbranched alkanes of at least 4 members (excludes halogenated alkanes) is 2. The molecule has 1 aromatic carbocycles. The standard InChI is InChI=1S/C26H43NO5/c1-2-3-4-8-20(29)10-11-21-22-14-18-7-5-9-25(23(18)15-19(22)16-24(21)30)32-17-26(31)27-12-6-13-28/h5,7,9,19-22,24,26-31H,2-4,6,8,10-17H2,1H3/t19-,20+,21+,22-,24+,26?/m0/s1. The van der Waals surface area contributed by atoms with E-state index in [4.69, 9.17) is 9.84 Å². The Kier molecular flexibility index (Phi) is 10.3. The van der Waals surface area contributed by atoms with Crippen LogP contribution in [0.2, 0.25) is 0 Å². The highest BCUT2D eigenvalue weighted by Gasteiger charge is 2.44. The summed E-state index contributed by atoms with van der Waals surface area (Å²) in [7, 11) is 0. The molecule has 32 heavy (non-hydrogen) atoms. The molecule has 0 aromatic heterocycles. The molecule has 3 rings (SSSR count). The maximum atomic E-state index is 10.8. The quantitative estimate of drug-likeness (QED) is 0.221. The monoisotopic (exact) mass is 449 g/mol. The molecule has 0 heterocycles. The van der Waals surface area contributed by atoms with E-state index in [1.807, 2.05) is 12.1 Å². The fourth-order valence-corrected chi connectivity index (χ4v) is 5.67. The van der Waals surface area contributed by atoms with Gasteiger partial charge in [-0.05, 0) is 86.4 Å².